The summed E-state index contributed by atoms with van der Waals surface area (Å²) in [5.41, 5.74) is 4.39. The first-order valence-corrected chi connectivity index (χ1v) is 8.94. The molecule has 0 aliphatic rings. The van der Waals surface area contributed by atoms with Gasteiger partial charge in [-0.3, -0.25) is 4.98 Å². The largest absolute Gasteiger partial charge is 0.456 e. The highest BCUT2D eigenvalue weighted by Crippen LogP contribution is 2.34. The number of furan rings is 1. The molecular formula is C24H14N2O. The maximum absolute atomic E-state index is 6.05. The van der Waals surface area contributed by atoms with E-state index in [1.54, 1.807) is 0 Å². The molecule has 0 spiro atoms. The molecule has 6 aromatic rings. The lowest BCUT2D eigenvalue weighted by Crippen LogP contribution is -1.91. The van der Waals surface area contributed by atoms with Gasteiger partial charge in [-0.25, -0.2) is 4.98 Å². The Balaban J connectivity index is 1.70. The fourth-order valence-electron chi connectivity index (χ4n) is 3.85. The van der Waals surface area contributed by atoms with E-state index in [2.05, 4.69) is 36.4 Å². The third kappa shape index (κ3) is 2.09. The zero-order chi connectivity index (χ0) is 17.8. The van der Waals surface area contributed by atoms with Gasteiger partial charge >= 0.3 is 0 Å². The van der Waals surface area contributed by atoms with Crippen LogP contribution in [0.3, 0.4) is 0 Å². The van der Waals surface area contributed by atoms with E-state index in [0.717, 1.165) is 49.6 Å². The maximum atomic E-state index is 6.05. The molecule has 3 nitrogen and oxygen atoms in total. The van der Waals surface area contributed by atoms with Crippen molar-refractivity contribution in [1.82, 2.24) is 9.97 Å². The van der Waals surface area contributed by atoms with Crippen LogP contribution >= 0.6 is 0 Å². The van der Waals surface area contributed by atoms with Gasteiger partial charge in [0.05, 0.1) is 16.9 Å². The summed E-state index contributed by atoms with van der Waals surface area (Å²) in [7, 11) is 0. The first kappa shape index (κ1) is 14.4. The second kappa shape index (κ2) is 5.39. The Bertz CT molecular complexity index is 1480. The predicted octanol–water partition coefficient (Wildman–Crippen LogP) is 6.35. The van der Waals surface area contributed by atoms with Crippen molar-refractivity contribution in [2.75, 3.05) is 0 Å². The van der Waals surface area contributed by atoms with Crippen LogP contribution in [0.25, 0.3) is 55.0 Å². The minimum Gasteiger partial charge on any atom is -0.456 e. The van der Waals surface area contributed by atoms with E-state index in [-0.39, 0.29) is 0 Å². The molecule has 3 aromatic heterocycles. The SMILES string of the molecule is c1ccc2c(c1)nc(-c1cc3oc4ccccc4c3cn1)c1ccccc12. The zero-order valence-electron chi connectivity index (χ0n) is 14.4. The third-order valence-corrected chi connectivity index (χ3v) is 5.11. The Hall–Kier alpha value is -3.72. The number of rotatable bonds is 1. The number of pyridine rings is 2. The summed E-state index contributed by atoms with van der Waals surface area (Å²) >= 11 is 0. The quantitative estimate of drug-likeness (QED) is 0.326. The Morgan fingerprint density at radius 1 is 0.593 bits per heavy atom. The van der Waals surface area contributed by atoms with E-state index in [4.69, 9.17) is 14.4 Å². The van der Waals surface area contributed by atoms with Gasteiger partial charge in [-0.1, -0.05) is 60.7 Å². The Kier molecular flexibility index (Phi) is 2.88. The molecule has 0 radical (unpaired) electrons. The Morgan fingerprint density at radius 2 is 1.30 bits per heavy atom. The molecule has 6 rings (SSSR count). The molecule has 0 unspecified atom stereocenters. The predicted molar refractivity (Wildman–Crippen MR) is 110 cm³/mol. The van der Waals surface area contributed by atoms with Gasteiger partial charge in [-0.05, 0) is 17.5 Å². The summed E-state index contributed by atoms with van der Waals surface area (Å²) in [5.74, 6) is 0. The van der Waals surface area contributed by atoms with Crippen molar-refractivity contribution < 1.29 is 4.42 Å². The highest BCUT2D eigenvalue weighted by Gasteiger charge is 2.13. The first-order chi connectivity index (χ1) is 13.4. The molecule has 0 bridgehead atoms. The van der Waals surface area contributed by atoms with Gasteiger partial charge in [0.15, 0.2) is 0 Å². The number of aromatic nitrogens is 2. The van der Waals surface area contributed by atoms with Gasteiger partial charge in [-0.15, -0.1) is 0 Å². The molecular weight excluding hydrogens is 332 g/mol. The normalized spacial score (nSPS) is 11.7. The molecule has 3 aromatic carbocycles. The van der Waals surface area contributed by atoms with Gasteiger partial charge in [0.1, 0.15) is 11.2 Å². The fraction of sp³-hybridized carbons (Fsp3) is 0. The molecule has 3 heterocycles. The lowest BCUT2D eigenvalue weighted by atomic mass is 10.0. The Labute approximate surface area is 154 Å². The first-order valence-electron chi connectivity index (χ1n) is 8.94. The van der Waals surface area contributed by atoms with E-state index in [0.29, 0.717) is 0 Å². The number of hydrogen-bond acceptors (Lipinski definition) is 3. The summed E-state index contributed by atoms with van der Waals surface area (Å²) < 4.78 is 6.05. The van der Waals surface area contributed by atoms with Crippen LogP contribution in [-0.2, 0) is 0 Å². The summed E-state index contributed by atoms with van der Waals surface area (Å²) in [4.78, 5) is 9.66. The number of hydrogen-bond donors (Lipinski definition) is 0. The van der Waals surface area contributed by atoms with E-state index in [1.807, 2.05) is 48.7 Å². The summed E-state index contributed by atoms with van der Waals surface area (Å²) in [5, 5.41) is 5.55. The number of benzene rings is 3. The van der Waals surface area contributed by atoms with Crippen LogP contribution in [0.4, 0.5) is 0 Å². The summed E-state index contributed by atoms with van der Waals surface area (Å²) in [6.07, 6.45) is 1.89. The zero-order valence-corrected chi connectivity index (χ0v) is 14.4. The lowest BCUT2D eigenvalue weighted by Gasteiger charge is -2.09. The highest BCUT2D eigenvalue weighted by atomic mass is 16.3. The standard InChI is InChI=1S/C24H14N2O/c1-2-10-18-15(7-1)16-8-3-5-11-20(16)26-24(18)21-13-23-19(14-25-21)17-9-4-6-12-22(17)27-23/h1-14H. The van der Waals surface area contributed by atoms with Crippen LogP contribution in [0.1, 0.15) is 0 Å². The van der Waals surface area contributed by atoms with Gasteiger partial charge in [0.25, 0.3) is 0 Å². The molecule has 0 amide bonds. The topological polar surface area (TPSA) is 38.9 Å². The highest BCUT2D eigenvalue weighted by molar-refractivity contribution is 6.11. The van der Waals surface area contributed by atoms with Crippen molar-refractivity contribution in [3.8, 4) is 11.4 Å². The van der Waals surface area contributed by atoms with Crippen LogP contribution in [0.15, 0.2) is 89.5 Å². The monoisotopic (exact) mass is 346 g/mol. The number of fused-ring (bicyclic) bond motifs is 6. The van der Waals surface area contributed by atoms with Crippen molar-refractivity contribution in [3.05, 3.63) is 85.1 Å². The average molecular weight is 346 g/mol. The fourth-order valence-corrected chi connectivity index (χ4v) is 3.85. The Morgan fingerprint density at radius 3 is 2.19 bits per heavy atom. The number of nitrogens with zero attached hydrogens (tertiary/aromatic N) is 2. The van der Waals surface area contributed by atoms with Gasteiger partial charge < -0.3 is 4.42 Å². The maximum Gasteiger partial charge on any atom is 0.139 e. The molecule has 0 fully saturated rings. The summed E-state index contributed by atoms with van der Waals surface area (Å²) in [6.45, 7) is 0. The molecule has 0 N–H and O–H groups in total. The minimum atomic E-state index is 0.823. The van der Waals surface area contributed by atoms with Gasteiger partial charge in [0.2, 0.25) is 0 Å². The number of para-hydroxylation sites is 2. The van der Waals surface area contributed by atoms with E-state index in [1.165, 1.54) is 5.39 Å². The third-order valence-electron chi connectivity index (χ3n) is 5.11. The van der Waals surface area contributed by atoms with Crippen molar-refractivity contribution in [3.63, 3.8) is 0 Å². The summed E-state index contributed by atoms with van der Waals surface area (Å²) in [6, 6.07) is 26.6. The van der Waals surface area contributed by atoms with Crippen molar-refractivity contribution in [2.45, 2.75) is 0 Å². The van der Waals surface area contributed by atoms with Gasteiger partial charge in [0, 0.05) is 33.8 Å². The molecule has 126 valence electrons. The lowest BCUT2D eigenvalue weighted by molar-refractivity contribution is 0.668. The second-order valence-corrected chi connectivity index (χ2v) is 6.69. The van der Waals surface area contributed by atoms with Gasteiger partial charge in [-0.2, -0.15) is 0 Å². The van der Waals surface area contributed by atoms with Crippen molar-refractivity contribution >= 4 is 43.6 Å². The molecule has 0 aliphatic heterocycles. The molecule has 0 saturated carbocycles. The molecule has 3 heteroatoms. The van der Waals surface area contributed by atoms with E-state index in [9.17, 15) is 0 Å². The van der Waals surface area contributed by atoms with Crippen LogP contribution in [0.2, 0.25) is 0 Å². The second-order valence-electron chi connectivity index (χ2n) is 6.69. The van der Waals surface area contributed by atoms with E-state index < -0.39 is 0 Å². The molecule has 27 heavy (non-hydrogen) atoms. The van der Waals surface area contributed by atoms with Crippen LogP contribution in [0.5, 0.6) is 0 Å². The van der Waals surface area contributed by atoms with Crippen LogP contribution < -0.4 is 0 Å². The molecule has 0 saturated heterocycles. The molecule has 0 atom stereocenters. The van der Waals surface area contributed by atoms with Crippen molar-refractivity contribution in [2.24, 2.45) is 0 Å². The average Bonchev–Trinajstić information content (AvgIpc) is 3.11. The minimum absolute atomic E-state index is 0.823. The van der Waals surface area contributed by atoms with Crippen LogP contribution in [-0.4, -0.2) is 9.97 Å². The van der Waals surface area contributed by atoms with Crippen molar-refractivity contribution in [1.29, 1.82) is 0 Å². The molecule has 0 aliphatic carbocycles. The van der Waals surface area contributed by atoms with Crippen LogP contribution in [0, 0.1) is 0 Å². The van der Waals surface area contributed by atoms with E-state index >= 15 is 0 Å². The smallest absolute Gasteiger partial charge is 0.139 e.